The molecule has 0 rings (SSSR count). The summed E-state index contributed by atoms with van der Waals surface area (Å²) in [6.45, 7) is 0.0428. The molecule has 0 spiro atoms. The van der Waals surface area contributed by atoms with Crippen molar-refractivity contribution in [1.82, 2.24) is 0 Å². The summed E-state index contributed by atoms with van der Waals surface area (Å²) >= 11 is 0. The third kappa shape index (κ3) is 9.07. The Bertz CT molecular complexity index is 252. The lowest BCUT2D eigenvalue weighted by atomic mass is 10.1. The van der Waals surface area contributed by atoms with Crippen molar-refractivity contribution in [2.75, 3.05) is 13.7 Å². The van der Waals surface area contributed by atoms with Gasteiger partial charge in [-0.3, -0.25) is 9.59 Å². The third-order valence-electron chi connectivity index (χ3n) is 2.06. The molecule has 0 aromatic rings. The predicted octanol–water partition coefficient (Wildman–Crippen LogP) is 1.68. The van der Waals surface area contributed by atoms with Crippen LogP contribution >= 0.6 is 0 Å². The van der Waals surface area contributed by atoms with Crippen LogP contribution in [0.25, 0.3) is 0 Å². The highest BCUT2D eigenvalue weighted by Gasteiger charge is 2.02. The number of ether oxygens (including phenoxy) is 2. The third-order valence-corrected chi connectivity index (χ3v) is 2.06. The number of rotatable bonds is 8. The van der Waals surface area contributed by atoms with Crippen molar-refractivity contribution in [3.8, 4) is 12.3 Å². The molecule has 0 aliphatic heterocycles. The first-order chi connectivity index (χ1) is 7.70. The Hall–Kier alpha value is -1.50. The Morgan fingerprint density at radius 1 is 1.06 bits per heavy atom. The Morgan fingerprint density at radius 3 is 2.12 bits per heavy atom. The second-order valence-electron chi connectivity index (χ2n) is 3.36. The van der Waals surface area contributed by atoms with E-state index in [2.05, 4.69) is 10.7 Å². The molecule has 4 nitrogen and oxygen atoms in total. The van der Waals surface area contributed by atoms with E-state index >= 15 is 0 Å². The average molecular weight is 226 g/mol. The van der Waals surface area contributed by atoms with E-state index in [-0.39, 0.29) is 18.5 Å². The zero-order chi connectivity index (χ0) is 12.2. The molecular weight excluding hydrogens is 208 g/mol. The molecular formula is C12H18O4. The number of hydrogen-bond donors (Lipinski definition) is 0. The minimum Gasteiger partial charge on any atom is -0.469 e. The van der Waals surface area contributed by atoms with Gasteiger partial charge in [0.1, 0.15) is 0 Å². The molecule has 0 N–H and O–H groups in total. The van der Waals surface area contributed by atoms with Gasteiger partial charge in [-0.25, -0.2) is 0 Å². The van der Waals surface area contributed by atoms with Crippen molar-refractivity contribution in [3.63, 3.8) is 0 Å². The number of methoxy groups -OCH3 is 1. The first-order valence-corrected chi connectivity index (χ1v) is 5.36. The standard InChI is InChI=1S/C12H18O4/c1-3-10-16-12(14)9-7-5-4-6-8-11(13)15-2/h1H,4-10H2,2H3. The fourth-order valence-electron chi connectivity index (χ4n) is 1.19. The highest BCUT2D eigenvalue weighted by molar-refractivity contribution is 5.69. The van der Waals surface area contributed by atoms with Gasteiger partial charge in [0.15, 0.2) is 6.61 Å². The Kier molecular flexibility index (Phi) is 9.09. The smallest absolute Gasteiger partial charge is 0.306 e. The van der Waals surface area contributed by atoms with Gasteiger partial charge >= 0.3 is 11.9 Å². The normalized spacial score (nSPS) is 9.25. The maximum atomic E-state index is 11.0. The Balaban J connectivity index is 3.24. The number of terminal acetylenes is 1. The van der Waals surface area contributed by atoms with Gasteiger partial charge in [0.2, 0.25) is 0 Å². The molecule has 0 atom stereocenters. The van der Waals surface area contributed by atoms with Gasteiger partial charge < -0.3 is 9.47 Å². The fourth-order valence-corrected chi connectivity index (χ4v) is 1.19. The van der Waals surface area contributed by atoms with Crippen LogP contribution in [0.1, 0.15) is 38.5 Å². The van der Waals surface area contributed by atoms with Crippen molar-refractivity contribution in [2.24, 2.45) is 0 Å². The summed E-state index contributed by atoms with van der Waals surface area (Å²) in [6, 6.07) is 0. The highest BCUT2D eigenvalue weighted by Crippen LogP contribution is 2.06. The first kappa shape index (κ1) is 14.5. The summed E-state index contributed by atoms with van der Waals surface area (Å²) in [6.07, 6.45) is 9.16. The summed E-state index contributed by atoms with van der Waals surface area (Å²) in [5.74, 6) is 1.79. The van der Waals surface area contributed by atoms with Gasteiger partial charge in [0.25, 0.3) is 0 Å². The molecule has 0 amide bonds. The quantitative estimate of drug-likeness (QED) is 0.359. The van der Waals surface area contributed by atoms with Crippen LogP contribution in [0.5, 0.6) is 0 Å². The van der Waals surface area contributed by atoms with Crippen LogP contribution < -0.4 is 0 Å². The summed E-state index contributed by atoms with van der Waals surface area (Å²) in [5, 5.41) is 0. The molecule has 0 radical (unpaired) electrons. The molecule has 0 saturated heterocycles. The van der Waals surface area contributed by atoms with E-state index in [1.54, 1.807) is 0 Å². The Labute approximate surface area is 96.3 Å². The largest absolute Gasteiger partial charge is 0.469 e. The van der Waals surface area contributed by atoms with Crippen molar-refractivity contribution >= 4 is 11.9 Å². The van der Waals surface area contributed by atoms with Gasteiger partial charge in [0.05, 0.1) is 7.11 Å². The van der Waals surface area contributed by atoms with Crippen LogP contribution in [-0.2, 0) is 19.1 Å². The lowest BCUT2D eigenvalue weighted by Gasteiger charge is -2.01. The lowest BCUT2D eigenvalue weighted by Crippen LogP contribution is -2.04. The molecule has 0 unspecified atom stereocenters. The van der Waals surface area contributed by atoms with Crippen LogP contribution in [-0.4, -0.2) is 25.7 Å². The molecule has 0 aromatic heterocycles. The lowest BCUT2D eigenvalue weighted by molar-refractivity contribution is -0.142. The van der Waals surface area contributed by atoms with Crippen LogP contribution in [0.15, 0.2) is 0 Å². The van der Waals surface area contributed by atoms with E-state index in [1.807, 2.05) is 0 Å². The van der Waals surface area contributed by atoms with Crippen LogP contribution in [0.2, 0.25) is 0 Å². The molecule has 90 valence electrons. The van der Waals surface area contributed by atoms with E-state index in [4.69, 9.17) is 11.2 Å². The molecule has 0 aliphatic rings. The Morgan fingerprint density at radius 2 is 1.62 bits per heavy atom. The number of carbonyl (C=O) groups is 2. The second kappa shape index (κ2) is 10.0. The van der Waals surface area contributed by atoms with Crippen molar-refractivity contribution in [2.45, 2.75) is 38.5 Å². The van der Waals surface area contributed by atoms with E-state index in [0.29, 0.717) is 12.8 Å². The van der Waals surface area contributed by atoms with Gasteiger partial charge in [-0.2, -0.15) is 0 Å². The van der Waals surface area contributed by atoms with Crippen molar-refractivity contribution < 1.29 is 19.1 Å². The average Bonchev–Trinajstić information content (AvgIpc) is 2.30. The zero-order valence-corrected chi connectivity index (χ0v) is 9.66. The molecule has 16 heavy (non-hydrogen) atoms. The monoisotopic (exact) mass is 226 g/mol. The molecule has 0 saturated carbocycles. The van der Waals surface area contributed by atoms with Crippen molar-refractivity contribution in [3.05, 3.63) is 0 Å². The zero-order valence-electron chi connectivity index (χ0n) is 9.66. The van der Waals surface area contributed by atoms with E-state index < -0.39 is 0 Å². The van der Waals surface area contributed by atoms with Crippen molar-refractivity contribution in [1.29, 1.82) is 0 Å². The predicted molar refractivity (Wildman–Crippen MR) is 59.5 cm³/mol. The molecule has 0 aromatic carbocycles. The van der Waals surface area contributed by atoms with Gasteiger partial charge in [0, 0.05) is 12.8 Å². The van der Waals surface area contributed by atoms with E-state index in [9.17, 15) is 9.59 Å². The summed E-state index contributed by atoms with van der Waals surface area (Å²) in [7, 11) is 1.38. The first-order valence-electron chi connectivity index (χ1n) is 5.36. The topological polar surface area (TPSA) is 52.6 Å². The molecule has 4 heteroatoms. The SMILES string of the molecule is C#CCOC(=O)CCCCCCC(=O)OC. The fraction of sp³-hybridized carbons (Fsp3) is 0.667. The number of hydrogen-bond acceptors (Lipinski definition) is 4. The summed E-state index contributed by atoms with van der Waals surface area (Å²) in [4.78, 5) is 21.8. The number of carbonyl (C=O) groups excluding carboxylic acids is 2. The number of unbranched alkanes of at least 4 members (excludes halogenated alkanes) is 3. The maximum Gasteiger partial charge on any atom is 0.306 e. The molecule has 0 aliphatic carbocycles. The van der Waals surface area contributed by atoms with Gasteiger partial charge in [-0.05, 0) is 12.8 Å². The minimum atomic E-state index is -0.258. The minimum absolute atomic E-state index is 0.0428. The van der Waals surface area contributed by atoms with Crippen LogP contribution in [0.4, 0.5) is 0 Å². The summed E-state index contributed by atoms with van der Waals surface area (Å²) in [5.41, 5.74) is 0. The second-order valence-corrected chi connectivity index (χ2v) is 3.36. The maximum absolute atomic E-state index is 11.0. The van der Waals surface area contributed by atoms with Crippen LogP contribution in [0.3, 0.4) is 0 Å². The summed E-state index contributed by atoms with van der Waals surface area (Å²) < 4.78 is 9.21. The van der Waals surface area contributed by atoms with E-state index in [1.165, 1.54) is 7.11 Å². The number of esters is 2. The van der Waals surface area contributed by atoms with Gasteiger partial charge in [-0.15, -0.1) is 6.42 Å². The molecule has 0 fully saturated rings. The highest BCUT2D eigenvalue weighted by atomic mass is 16.5. The van der Waals surface area contributed by atoms with E-state index in [0.717, 1.165) is 25.7 Å². The van der Waals surface area contributed by atoms with Crippen LogP contribution in [0, 0.1) is 12.3 Å². The van der Waals surface area contributed by atoms with Gasteiger partial charge in [-0.1, -0.05) is 18.8 Å². The molecule has 0 bridgehead atoms. The molecule has 0 heterocycles.